The first-order valence-corrected chi connectivity index (χ1v) is 8.47. The number of carboxylic acids is 1. The van der Waals surface area contributed by atoms with Crippen molar-refractivity contribution < 1.29 is 19.4 Å². The zero-order chi connectivity index (χ0) is 17.6. The molecule has 1 rings (SSSR count). The molecule has 1 saturated carbocycles. The summed E-state index contributed by atoms with van der Waals surface area (Å²) in [6.45, 7) is 11.3. The highest BCUT2D eigenvalue weighted by Crippen LogP contribution is 2.37. The van der Waals surface area contributed by atoms with Gasteiger partial charge in [-0.25, -0.2) is 9.59 Å². The van der Waals surface area contributed by atoms with Gasteiger partial charge in [-0.05, 0) is 49.4 Å². The average molecular weight is 325 g/mol. The van der Waals surface area contributed by atoms with Gasteiger partial charge < -0.3 is 15.2 Å². The highest BCUT2D eigenvalue weighted by Gasteiger charge is 2.37. The molecule has 23 heavy (non-hydrogen) atoms. The van der Waals surface area contributed by atoms with E-state index < -0.39 is 23.5 Å². The maximum absolute atomic E-state index is 12.1. The van der Waals surface area contributed by atoms with Crippen LogP contribution in [0.4, 0.5) is 4.79 Å². The maximum atomic E-state index is 12.1. The minimum absolute atomic E-state index is 0.121. The number of hydrogen-bond acceptors (Lipinski definition) is 3. The molecular weight excluding hydrogens is 294 g/mol. The van der Waals surface area contributed by atoms with Crippen molar-refractivity contribution in [1.29, 1.82) is 0 Å². The van der Waals surface area contributed by atoms with Gasteiger partial charge in [-0.2, -0.15) is 0 Å². The molecule has 0 aromatic rings. The first kappa shape index (κ1) is 19.5. The van der Waals surface area contributed by atoms with Gasteiger partial charge >= 0.3 is 12.1 Å². The number of carbonyl (C=O) groups excluding carboxylic acids is 1. The Morgan fingerprint density at radius 2 is 2.04 bits per heavy atom. The monoisotopic (exact) mass is 325 g/mol. The van der Waals surface area contributed by atoms with Crippen molar-refractivity contribution >= 4 is 12.1 Å². The molecule has 4 unspecified atom stereocenters. The number of ether oxygens (including phenoxy) is 1. The SMILES string of the molecule is C=CCCCC1C(C)CCC1OC(=O)NC(C(=O)O)C(C)(C)C. The van der Waals surface area contributed by atoms with E-state index in [1.165, 1.54) is 0 Å². The molecule has 0 spiro atoms. The topological polar surface area (TPSA) is 75.6 Å². The number of amides is 1. The van der Waals surface area contributed by atoms with E-state index in [2.05, 4.69) is 18.8 Å². The van der Waals surface area contributed by atoms with Crippen molar-refractivity contribution in [3.05, 3.63) is 12.7 Å². The van der Waals surface area contributed by atoms with Gasteiger partial charge in [0.2, 0.25) is 0 Å². The Morgan fingerprint density at radius 3 is 2.57 bits per heavy atom. The van der Waals surface area contributed by atoms with Gasteiger partial charge in [-0.3, -0.25) is 0 Å². The Hall–Kier alpha value is -1.52. The number of nitrogens with one attached hydrogen (secondary N) is 1. The summed E-state index contributed by atoms with van der Waals surface area (Å²) in [6, 6.07) is -0.965. The minimum Gasteiger partial charge on any atom is -0.480 e. The van der Waals surface area contributed by atoms with Gasteiger partial charge in [0.15, 0.2) is 0 Å². The van der Waals surface area contributed by atoms with E-state index >= 15 is 0 Å². The van der Waals surface area contributed by atoms with Crippen LogP contribution in [0.25, 0.3) is 0 Å². The van der Waals surface area contributed by atoms with E-state index in [0.717, 1.165) is 32.1 Å². The van der Waals surface area contributed by atoms with Gasteiger partial charge in [0.25, 0.3) is 0 Å². The second-order valence-corrected chi connectivity index (χ2v) is 7.66. The predicted octanol–water partition coefficient (Wildman–Crippen LogP) is 3.98. The Bertz CT molecular complexity index is 427. The lowest BCUT2D eigenvalue weighted by molar-refractivity contribution is -0.142. The Kier molecular flexibility index (Phi) is 7.10. The summed E-state index contributed by atoms with van der Waals surface area (Å²) < 4.78 is 5.56. The Labute approximate surface area is 139 Å². The van der Waals surface area contributed by atoms with Crippen LogP contribution in [-0.4, -0.2) is 29.3 Å². The zero-order valence-corrected chi connectivity index (χ0v) is 14.8. The summed E-state index contributed by atoms with van der Waals surface area (Å²) in [7, 11) is 0. The van der Waals surface area contributed by atoms with Crippen LogP contribution in [0.3, 0.4) is 0 Å². The second-order valence-electron chi connectivity index (χ2n) is 7.66. The van der Waals surface area contributed by atoms with Crippen molar-refractivity contribution in [1.82, 2.24) is 5.32 Å². The molecule has 2 N–H and O–H groups in total. The first-order valence-electron chi connectivity index (χ1n) is 8.47. The summed E-state index contributed by atoms with van der Waals surface area (Å²) in [5, 5.41) is 11.8. The van der Waals surface area contributed by atoms with Crippen molar-refractivity contribution in [3.63, 3.8) is 0 Å². The third kappa shape index (κ3) is 5.88. The summed E-state index contributed by atoms with van der Waals surface area (Å²) in [5.74, 6) is -0.175. The average Bonchev–Trinajstić information content (AvgIpc) is 2.76. The number of hydrogen-bond donors (Lipinski definition) is 2. The van der Waals surface area contributed by atoms with Gasteiger partial charge in [-0.15, -0.1) is 6.58 Å². The molecule has 0 bridgehead atoms. The maximum Gasteiger partial charge on any atom is 0.408 e. The standard InChI is InChI=1S/C18H31NO4/c1-6-7-8-9-13-12(2)10-11-14(13)23-17(22)19-15(16(20)21)18(3,4)5/h6,12-15H,1,7-11H2,2-5H3,(H,19,22)(H,20,21). The first-order chi connectivity index (χ1) is 10.7. The van der Waals surface area contributed by atoms with Gasteiger partial charge in [-0.1, -0.05) is 33.8 Å². The smallest absolute Gasteiger partial charge is 0.408 e. The molecule has 0 radical (unpaired) electrons. The van der Waals surface area contributed by atoms with Gasteiger partial charge in [0.1, 0.15) is 12.1 Å². The van der Waals surface area contributed by atoms with Crippen molar-refractivity contribution in [2.75, 3.05) is 0 Å². The van der Waals surface area contributed by atoms with Crippen LogP contribution >= 0.6 is 0 Å². The molecule has 1 fully saturated rings. The third-order valence-electron chi connectivity index (χ3n) is 4.69. The molecule has 132 valence electrons. The van der Waals surface area contributed by atoms with Crippen LogP contribution in [0.2, 0.25) is 0 Å². The van der Waals surface area contributed by atoms with E-state index in [-0.39, 0.29) is 6.10 Å². The molecule has 0 saturated heterocycles. The molecular formula is C18H31NO4. The fraction of sp³-hybridized carbons (Fsp3) is 0.778. The zero-order valence-electron chi connectivity index (χ0n) is 14.8. The van der Waals surface area contributed by atoms with E-state index in [0.29, 0.717) is 11.8 Å². The van der Waals surface area contributed by atoms with Gasteiger partial charge in [0, 0.05) is 0 Å². The molecule has 5 heteroatoms. The molecule has 0 aliphatic heterocycles. The van der Waals surface area contributed by atoms with Gasteiger partial charge in [0.05, 0.1) is 0 Å². The number of allylic oxidation sites excluding steroid dienone is 1. The highest BCUT2D eigenvalue weighted by molar-refractivity contribution is 5.80. The summed E-state index contributed by atoms with van der Waals surface area (Å²) in [5.41, 5.74) is -0.572. The predicted molar refractivity (Wildman–Crippen MR) is 90.2 cm³/mol. The van der Waals surface area contributed by atoms with E-state index in [1.807, 2.05) is 6.08 Å². The number of unbranched alkanes of at least 4 members (excludes halogenated alkanes) is 1. The fourth-order valence-electron chi connectivity index (χ4n) is 3.27. The summed E-state index contributed by atoms with van der Waals surface area (Å²) >= 11 is 0. The van der Waals surface area contributed by atoms with Crippen LogP contribution in [0.1, 0.15) is 59.8 Å². The number of alkyl carbamates (subject to hydrolysis) is 1. The number of rotatable bonds is 7. The van der Waals surface area contributed by atoms with E-state index in [1.54, 1.807) is 20.8 Å². The molecule has 1 aliphatic rings. The molecule has 0 heterocycles. The van der Waals surface area contributed by atoms with Crippen LogP contribution in [0.5, 0.6) is 0 Å². The van der Waals surface area contributed by atoms with Crippen LogP contribution in [-0.2, 0) is 9.53 Å². The third-order valence-corrected chi connectivity index (χ3v) is 4.69. The minimum atomic E-state index is -1.04. The van der Waals surface area contributed by atoms with Crippen LogP contribution in [0.15, 0.2) is 12.7 Å². The normalized spacial score (nSPS) is 25.7. The molecule has 0 aromatic heterocycles. The fourth-order valence-corrected chi connectivity index (χ4v) is 3.27. The Balaban J connectivity index is 2.60. The lowest BCUT2D eigenvalue weighted by Gasteiger charge is -2.29. The largest absolute Gasteiger partial charge is 0.480 e. The molecule has 4 atom stereocenters. The van der Waals surface area contributed by atoms with Crippen molar-refractivity contribution in [3.8, 4) is 0 Å². The lowest BCUT2D eigenvalue weighted by atomic mass is 9.87. The van der Waals surface area contributed by atoms with E-state index in [4.69, 9.17) is 4.74 Å². The highest BCUT2D eigenvalue weighted by atomic mass is 16.6. The van der Waals surface area contributed by atoms with Crippen molar-refractivity contribution in [2.24, 2.45) is 17.3 Å². The number of carbonyl (C=O) groups is 2. The van der Waals surface area contributed by atoms with Crippen LogP contribution < -0.4 is 5.32 Å². The second kappa shape index (κ2) is 8.37. The lowest BCUT2D eigenvalue weighted by Crippen LogP contribution is -2.50. The molecule has 5 nitrogen and oxygen atoms in total. The number of aliphatic carboxylic acids is 1. The number of carboxylic acid groups (broad SMARTS) is 1. The van der Waals surface area contributed by atoms with E-state index in [9.17, 15) is 14.7 Å². The molecule has 0 aromatic carbocycles. The molecule has 1 aliphatic carbocycles. The Morgan fingerprint density at radius 1 is 1.39 bits per heavy atom. The van der Waals surface area contributed by atoms with Crippen molar-refractivity contribution in [2.45, 2.75) is 71.9 Å². The molecule has 1 amide bonds. The quantitative estimate of drug-likeness (QED) is 0.548. The summed E-state index contributed by atoms with van der Waals surface area (Å²) in [6.07, 6.45) is 6.06. The summed E-state index contributed by atoms with van der Waals surface area (Å²) in [4.78, 5) is 23.5. The van der Waals surface area contributed by atoms with Crippen LogP contribution in [0, 0.1) is 17.3 Å².